The standard InChI is InChI=1S/C16H23N3/c1-10(2)7-14(17)16-18-9-15(19-16)13-6-5-11(3)12(4)8-13/h5-6,8-10,14H,7,17H2,1-4H3,(H,18,19). The van der Waals surface area contributed by atoms with Crippen LogP contribution < -0.4 is 5.73 Å². The monoisotopic (exact) mass is 257 g/mol. The molecule has 1 heterocycles. The fraction of sp³-hybridized carbons (Fsp3) is 0.438. The quantitative estimate of drug-likeness (QED) is 0.876. The number of imidazole rings is 1. The number of nitrogens with two attached hydrogens (primary N) is 1. The molecule has 19 heavy (non-hydrogen) atoms. The van der Waals surface area contributed by atoms with Gasteiger partial charge in [0.2, 0.25) is 0 Å². The summed E-state index contributed by atoms with van der Waals surface area (Å²) in [5, 5.41) is 0. The van der Waals surface area contributed by atoms with E-state index in [9.17, 15) is 0 Å². The summed E-state index contributed by atoms with van der Waals surface area (Å²) < 4.78 is 0. The van der Waals surface area contributed by atoms with E-state index in [4.69, 9.17) is 5.73 Å². The predicted octanol–water partition coefficient (Wildman–Crippen LogP) is 3.74. The van der Waals surface area contributed by atoms with Crippen LogP contribution in [0.25, 0.3) is 11.3 Å². The molecule has 1 unspecified atom stereocenters. The largest absolute Gasteiger partial charge is 0.341 e. The second kappa shape index (κ2) is 5.57. The van der Waals surface area contributed by atoms with Gasteiger partial charge in [-0.15, -0.1) is 0 Å². The molecule has 3 N–H and O–H groups in total. The summed E-state index contributed by atoms with van der Waals surface area (Å²) in [4.78, 5) is 7.76. The van der Waals surface area contributed by atoms with Crippen LogP contribution in [0.4, 0.5) is 0 Å². The Morgan fingerprint density at radius 3 is 2.58 bits per heavy atom. The number of rotatable bonds is 4. The van der Waals surface area contributed by atoms with Crippen LogP contribution in [0.2, 0.25) is 0 Å². The van der Waals surface area contributed by atoms with Gasteiger partial charge in [0.1, 0.15) is 5.82 Å². The highest BCUT2D eigenvalue weighted by atomic mass is 15.0. The van der Waals surface area contributed by atoms with Crippen molar-refractivity contribution in [2.75, 3.05) is 0 Å². The van der Waals surface area contributed by atoms with Gasteiger partial charge in [0.25, 0.3) is 0 Å². The maximum absolute atomic E-state index is 6.15. The number of nitrogens with one attached hydrogen (secondary N) is 1. The third-order valence-electron chi connectivity index (χ3n) is 3.49. The number of H-pyrrole nitrogens is 1. The highest BCUT2D eigenvalue weighted by Crippen LogP contribution is 2.23. The normalized spacial score (nSPS) is 12.9. The van der Waals surface area contributed by atoms with Crippen LogP contribution in [0, 0.1) is 19.8 Å². The molecule has 0 saturated heterocycles. The molecule has 3 nitrogen and oxygen atoms in total. The molecule has 0 fully saturated rings. The van der Waals surface area contributed by atoms with E-state index >= 15 is 0 Å². The number of aryl methyl sites for hydroxylation is 2. The third-order valence-corrected chi connectivity index (χ3v) is 3.49. The minimum Gasteiger partial charge on any atom is -0.341 e. The second-order valence-electron chi connectivity index (χ2n) is 5.72. The zero-order valence-corrected chi connectivity index (χ0v) is 12.2. The van der Waals surface area contributed by atoms with E-state index in [1.165, 1.54) is 16.7 Å². The minimum absolute atomic E-state index is 0.0136. The number of benzene rings is 1. The Morgan fingerprint density at radius 1 is 1.21 bits per heavy atom. The summed E-state index contributed by atoms with van der Waals surface area (Å²) in [6.45, 7) is 8.59. The first-order valence-electron chi connectivity index (χ1n) is 6.85. The molecule has 1 aromatic carbocycles. The van der Waals surface area contributed by atoms with Gasteiger partial charge < -0.3 is 10.7 Å². The van der Waals surface area contributed by atoms with Crippen molar-refractivity contribution in [3.63, 3.8) is 0 Å². The summed E-state index contributed by atoms with van der Waals surface area (Å²) >= 11 is 0. The first-order valence-corrected chi connectivity index (χ1v) is 6.85. The summed E-state index contributed by atoms with van der Waals surface area (Å²) in [6, 6.07) is 6.42. The highest BCUT2D eigenvalue weighted by Gasteiger charge is 2.12. The highest BCUT2D eigenvalue weighted by molar-refractivity contribution is 5.60. The van der Waals surface area contributed by atoms with Gasteiger partial charge in [0, 0.05) is 0 Å². The first-order chi connectivity index (χ1) is 8.97. The number of aromatic nitrogens is 2. The van der Waals surface area contributed by atoms with Crippen molar-refractivity contribution < 1.29 is 0 Å². The fourth-order valence-corrected chi connectivity index (χ4v) is 2.20. The lowest BCUT2D eigenvalue weighted by molar-refractivity contribution is 0.496. The third kappa shape index (κ3) is 3.24. The van der Waals surface area contributed by atoms with Crippen LogP contribution in [0.15, 0.2) is 24.4 Å². The van der Waals surface area contributed by atoms with E-state index in [0.717, 1.165) is 17.9 Å². The van der Waals surface area contributed by atoms with E-state index in [1.54, 1.807) is 0 Å². The molecule has 0 aliphatic heterocycles. The number of hydrogen-bond acceptors (Lipinski definition) is 2. The van der Waals surface area contributed by atoms with Gasteiger partial charge in [0.05, 0.1) is 17.9 Å². The van der Waals surface area contributed by atoms with Gasteiger partial charge in [-0.3, -0.25) is 0 Å². The van der Waals surface area contributed by atoms with Crippen LogP contribution in [-0.4, -0.2) is 9.97 Å². The van der Waals surface area contributed by atoms with Crippen molar-refractivity contribution >= 4 is 0 Å². The lowest BCUT2D eigenvalue weighted by Gasteiger charge is -2.11. The number of aromatic amines is 1. The predicted molar refractivity (Wildman–Crippen MR) is 79.9 cm³/mol. The average Bonchev–Trinajstić information content (AvgIpc) is 2.81. The Balaban J connectivity index is 2.22. The van der Waals surface area contributed by atoms with Crippen molar-refractivity contribution in [2.24, 2.45) is 11.7 Å². The van der Waals surface area contributed by atoms with Gasteiger partial charge in [-0.2, -0.15) is 0 Å². The van der Waals surface area contributed by atoms with Gasteiger partial charge in [-0.05, 0) is 48.9 Å². The molecule has 0 aliphatic carbocycles. The van der Waals surface area contributed by atoms with E-state index in [0.29, 0.717) is 5.92 Å². The average molecular weight is 257 g/mol. The molecule has 0 aliphatic rings. The van der Waals surface area contributed by atoms with Gasteiger partial charge in [0.15, 0.2) is 0 Å². The summed E-state index contributed by atoms with van der Waals surface area (Å²) in [6.07, 6.45) is 2.82. The van der Waals surface area contributed by atoms with Crippen molar-refractivity contribution in [3.05, 3.63) is 41.3 Å². The second-order valence-corrected chi connectivity index (χ2v) is 5.72. The smallest absolute Gasteiger partial charge is 0.123 e. The summed E-state index contributed by atoms with van der Waals surface area (Å²) in [7, 11) is 0. The van der Waals surface area contributed by atoms with Crippen LogP contribution in [0.1, 0.15) is 43.3 Å². The van der Waals surface area contributed by atoms with E-state index in [2.05, 4.69) is 55.9 Å². The van der Waals surface area contributed by atoms with Gasteiger partial charge >= 0.3 is 0 Å². The lowest BCUT2D eigenvalue weighted by atomic mass is 10.0. The lowest BCUT2D eigenvalue weighted by Crippen LogP contribution is -2.14. The number of nitrogens with zero attached hydrogens (tertiary/aromatic N) is 1. The van der Waals surface area contributed by atoms with Crippen LogP contribution in [0.5, 0.6) is 0 Å². The molecule has 0 saturated carbocycles. The zero-order valence-electron chi connectivity index (χ0n) is 12.2. The Labute approximate surface area is 115 Å². The topological polar surface area (TPSA) is 54.7 Å². The molecule has 2 aromatic rings. The molecule has 0 bridgehead atoms. The zero-order chi connectivity index (χ0) is 14.0. The SMILES string of the molecule is Cc1ccc(-c2cnc(C(N)CC(C)C)[nH]2)cc1C. The van der Waals surface area contributed by atoms with Crippen LogP contribution in [-0.2, 0) is 0 Å². The molecule has 0 radical (unpaired) electrons. The molecule has 102 valence electrons. The van der Waals surface area contributed by atoms with E-state index in [-0.39, 0.29) is 6.04 Å². The molecule has 0 spiro atoms. The Morgan fingerprint density at radius 2 is 1.95 bits per heavy atom. The maximum Gasteiger partial charge on any atom is 0.123 e. The Bertz CT molecular complexity index is 555. The molecular formula is C16H23N3. The maximum atomic E-state index is 6.15. The molecule has 1 atom stereocenters. The first kappa shape index (κ1) is 13.8. The Kier molecular flexibility index (Phi) is 4.05. The van der Waals surface area contributed by atoms with Crippen molar-refractivity contribution in [3.8, 4) is 11.3 Å². The molecular weight excluding hydrogens is 234 g/mol. The molecule has 1 aromatic heterocycles. The van der Waals surface area contributed by atoms with Gasteiger partial charge in [-0.25, -0.2) is 4.98 Å². The summed E-state index contributed by atoms with van der Waals surface area (Å²) in [5.41, 5.74) is 10.9. The van der Waals surface area contributed by atoms with Crippen molar-refractivity contribution in [1.29, 1.82) is 0 Å². The molecule has 2 rings (SSSR count). The van der Waals surface area contributed by atoms with Gasteiger partial charge in [-0.1, -0.05) is 26.0 Å². The van der Waals surface area contributed by atoms with E-state index in [1.807, 2.05) is 6.20 Å². The minimum atomic E-state index is -0.0136. The van der Waals surface area contributed by atoms with Crippen molar-refractivity contribution in [1.82, 2.24) is 9.97 Å². The fourth-order valence-electron chi connectivity index (χ4n) is 2.20. The number of hydrogen-bond donors (Lipinski definition) is 2. The molecule has 3 heteroatoms. The van der Waals surface area contributed by atoms with E-state index < -0.39 is 0 Å². The van der Waals surface area contributed by atoms with Crippen LogP contribution in [0.3, 0.4) is 0 Å². The summed E-state index contributed by atoms with van der Waals surface area (Å²) in [5.74, 6) is 1.45. The van der Waals surface area contributed by atoms with Crippen LogP contribution >= 0.6 is 0 Å². The van der Waals surface area contributed by atoms with Crippen molar-refractivity contribution in [2.45, 2.75) is 40.2 Å². The Hall–Kier alpha value is -1.61. The molecule has 0 amide bonds.